The quantitative estimate of drug-likeness (QED) is 0.365. The number of aromatic amines is 1. The van der Waals surface area contributed by atoms with Gasteiger partial charge in [0.15, 0.2) is 0 Å². The van der Waals surface area contributed by atoms with E-state index in [-0.39, 0.29) is 18.6 Å². The van der Waals surface area contributed by atoms with E-state index in [4.69, 9.17) is 21.3 Å². The Kier molecular flexibility index (Phi) is 7.95. The van der Waals surface area contributed by atoms with E-state index in [1.54, 1.807) is 18.0 Å². The average molecular weight is 500 g/mol. The van der Waals surface area contributed by atoms with E-state index in [9.17, 15) is 9.59 Å². The number of anilines is 1. The van der Waals surface area contributed by atoms with Crippen molar-refractivity contribution in [3.63, 3.8) is 0 Å². The van der Waals surface area contributed by atoms with E-state index >= 15 is 0 Å². The van der Waals surface area contributed by atoms with Gasteiger partial charge in [-0.15, -0.1) is 0 Å². The Morgan fingerprint density at radius 2 is 1.86 bits per heavy atom. The van der Waals surface area contributed by atoms with Crippen molar-refractivity contribution in [2.24, 2.45) is 5.41 Å². The molecule has 2 aromatic carbocycles. The van der Waals surface area contributed by atoms with Gasteiger partial charge in [-0.1, -0.05) is 35.9 Å². The fraction of sp³-hybridized carbons (Fsp3) is 0.423. The Balaban J connectivity index is 1.89. The number of amides is 2. The molecule has 188 valence electrons. The number of hydrogen-bond acceptors (Lipinski definition) is 5. The Morgan fingerprint density at radius 3 is 2.51 bits per heavy atom. The number of rotatable bonds is 8. The van der Waals surface area contributed by atoms with Gasteiger partial charge in [0.1, 0.15) is 6.61 Å². The van der Waals surface area contributed by atoms with Crippen molar-refractivity contribution in [3.05, 3.63) is 58.6 Å². The summed E-state index contributed by atoms with van der Waals surface area (Å²) in [6.45, 7) is 10.3. The number of imidazole rings is 1. The van der Waals surface area contributed by atoms with Crippen molar-refractivity contribution >= 4 is 40.6 Å². The van der Waals surface area contributed by atoms with E-state index in [1.807, 2.05) is 71.0 Å². The molecule has 0 spiro atoms. The van der Waals surface area contributed by atoms with Crippen LogP contribution in [0.15, 0.2) is 42.5 Å². The van der Waals surface area contributed by atoms with Crippen LogP contribution in [0.5, 0.6) is 0 Å². The van der Waals surface area contributed by atoms with E-state index in [2.05, 4.69) is 15.6 Å². The van der Waals surface area contributed by atoms with E-state index < -0.39 is 11.0 Å². The van der Waals surface area contributed by atoms with Crippen LogP contribution in [0.25, 0.3) is 11.0 Å². The van der Waals surface area contributed by atoms with Crippen molar-refractivity contribution in [2.75, 3.05) is 25.5 Å². The molecule has 8 nitrogen and oxygen atoms in total. The molecule has 0 aliphatic heterocycles. The molecule has 0 saturated carbocycles. The topological polar surface area (TPSA) is 99.4 Å². The van der Waals surface area contributed by atoms with Crippen LogP contribution in [0.4, 0.5) is 10.7 Å². The molecule has 1 atom stereocenters. The van der Waals surface area contributed by atoms with Crippen LogP contribution in [0.3, 0.4) is 0 Å². The number of aromatic nitrogens is 2. The number of ether oxygens (including phenoxy) is 1. The number of nitrogens with one attached hydrogen (secondary N) is 3. The lowest BCUT2D eigenvalue weighted by atomic mass is 9.92. The maximum Gasteiger partial charge on any atom is 0.317 e. The molecule has 3 N–H and O–H groups in total. The zero-order valence-corrected chi connectivity index (χ0v) is 21.9. The summed E-state index contributed by atoms with van der Waals surface area (Å²) in [6.07, 6.45) is 0. The monoisotopic (exact) mass is 499 g/mol. The normalized spacial score (nSPS) is 13.2. The number of carbonyl (C=O) groups is 2. The van der Waals surface area contributed by atoms with Crippen LogP contribution >= 0.6 is 11.6 Å². The van der Waals surface area contributed by atoms with Gasteiger partial charge < -0.3 is 25.3 Å². The lowest BCUT2D eigenvalue weighted by Gasteiger charge is -2.32. The summed E-state index contributed by atoms with van der Waals surface area (Å²) < 4.78 is 5.70. The van der Waals surface area contributed by atoms with Crippen LogP contribution in [-0.2, 0) is 21.6 Å². The van der Waals surface area contributed by atoms with Gasteiger partial charge in [-0.3, -0.25) is 4.79 Å². The first kappa shape index (κ1) is 26.3. The Labute approximate surface area is 211 Å². The third kappa shape index (κ3) is 6.45. The fourth-order valence-electron chi connectivity index (χ4n) is 3.45. The highest BCUT2D eigenvalue weighted by Gasteiger charge is 2.32. The van der Waals surface area contributed by atoms with Crippen molar-refractivity contribution < 1.29 is 14.3 Å². The molecule has 0 bridgehead atoms. The van der Waals surface area contributed by atoms with Gasteiger partial charge in [0.05, 0.1) is 22.0 Å². The van der Waals surface area contributed by atoms with Crippen LogP contribution in [0.1, 0.15) is 45.7 Å². The van der Waals surface area contributed by atoms with E-state index in [0.717, 1.165) is 22.2 Å². The third-order valence-electron chi connectivity index (χ3n) is 5.81. The number of hydrogen-bond donors (Lipinski definition) is 3. The van der Waals surface area contributed by atoms with E-state index in [0.29, 0.717) is 24.1 Å². The molecule has 0 aliphatic rings. The molecule has 35 heavy (non-hydrogen) atoms. The van der Waals surface area contributed by atoms with Crippen molar-refractivity contribution in [3.8, 4) is 0 Å². The predicted molar refractivity (Wildman–Crippen MR) is 139 cm³/mol. The number of nitrogens with zero attached hydrogens (tertiary/aromatic N) is 2. The second-order valence-electron chi connectivity index (χ2n) is 9.87. The fourth-order valence-corrected chi connectivity index (χ4v) is 3.64. The molecule has 2 amide bonds. The summed E-state index contributed by atoms with van der Waals surface area (Å²) in [5.74, 6) is 0.214. The Morgan fingerprint density at radius 1 is 1.14 bits per heavy atom. The van der Waals surface area contributed by atoms with Crippen molar-refractivity contribution in [1.82, 2.24) is 20.2 Å². The molecule has 3 aromatic rings. The number of carbonyl (C=O) groups excluding carboxylic acids is 2. The number of urea groups is 1. The number of H-pyrrole nitrogens is 1. The van der Waals surface area contributed by atoms with Gasteiger partial charge in [-0.25, -0.2) is 9.78 Å². The summed E-state index contributed by atoms with van der Waals surface area (Å²) in [4.78, 5) is 34.3. The molecular formula is C26H34ClN5O3. The number of benzene rings is 2. The van der Waals surface area contributed by atoms with Gasteiger partial charge in [0, 0.05) is 25.2 Å². The summed E-state index contributed by atoms with van der Waals surface area (Å²) >= 11 is 6.27. The molecule has 9 heteroatoms. The SMILES string of the molecule is CCN(C)C(=O)NCc1cccc2[nH]c(NC(C)(COC(=O)C(C)(C)C)c3cccc(Cl)c3)nc12. The average Bonchev–Trinajstić information content (AvgIpc) is 3.22. The number of halogens is 1. The Bertz CT molecular complexity index is 1200. The molecule has 3 rings (SSSR count). The molecule has 1 heterocycles. The lowest BCUT2D eigenvalue weighted by molar-refractivity contribution is -0.154. The minimum atomic E-state index is -0.808. The van der Waals surface area contributed by atoms with Gasteiger partial charge in [0.2, 0.25) is 5.95 Å². The highest BCUT2D eigenvalue weighted by Crippen LogP contribution is 2.30. The van der Waals surface area contributed by atoms with Crippen LogP contribution in [0, 0.1) is 5.41 Å². The Hall–Kier alpha value is -3.26. The zero-order valence-electron chi connectivity index (χ0n) is 21.2. The highest BCUT2D eigenvalue weighted by molar-refractivity contribution is 6.30. The van der Waals surface area contributed by atoms with E-state index in [1.165, 1.54) is 0 Å². The molecule has 1 unspecified atom stereocenters. The highest BCUT2D eigenvalue weighted by atomic mass is 35.5. The maximum absolute atomic E-state index is 12.5. The smallest absolute Gasteiger partial charge is 0.317 e. The molecule has 0 radical (unpaired) electrons. The summed E-state index contributed by atoms with van der Waals surface area (Å²) in [5, 5.41) is 6.92. The van der Waals surface area contributed by atoms with Gasteiger partial charge >= 0.3 is 12.0 Å². The number of esters is 1. The standard InChI is InChI=1S/C26H34ClN5O3/c1-7-32(6)24(34)28-15-17-10-8-13-20-21(17)30-23(29-20)31-26(5,16-35-22(33)25(2,3)4)18-11-9-12-19(27)14-18/h8-14H,7,15-16H2,1-6H3,(H,28,34)(H2,29,30,31). The van der Waals surface area contributed by atoms with Crippen LogP contribution in [-0.4, -0.2) is 47.1 Å². The minimum absolute atomic E-state index is 0.0761. The molecule has 1 aromatic heterocycles. The molecule has 0 fully saturated rings. The van der Waals surface area contributed by atoms with Crippen LogP contribution < -0.4 is 10.6 Å². The van der Waals surface area contributed by atoms with Crippen molar-refractivity contribution in [2.45, 2.75) is 46.7 Å². The first-order valence-electron chi connectivity index (χ1n) is 11.6. The summed E-state index contributed by atoms with van der Waals surface area (Å²) in [6, 6.07) is 13.0. The molecule has 0 saturated heterocycles. The van der Waals surface area contributed by atoms with Gasteiger partial charge in [0.25, 0.3) is 0 Å². The summed E-state index contributed by atoms with van der Waals surface area (Å²) in [7, 11) is 1.75. The summed E-state index contributed by atoms with van der Waals surface area (Å²) in [5.41, 5.74) is 1.87. The molecular weight excluding hydrogens is 466 g/mol. The van der Waals surface area contributed by atoms with Gasteiger partial charge in [-0.05, 0) is 63.9 Å². The van der Waals surface area contributed by atoms with Crippen LogP contribution in [0.2, 0.25) is 5.02 Å². The predicted octanol–water partition coefficient (Wildman–Crippen LogP) is 5.29. The lowest BCUT2D eigenvalue weighted by Crippen LogP contribution is -2.39. The minimum Gasteiger partial charge on any atom is -0.462 e. The maximum atomic E-state index is 12.5. The molecule has 0 aliphatic carbocycles. The van der Waals surface area contributed by atoms with Gasteiger partial charge in [-0.2, -0.15) is 0 Å². The number of fused-ring (bicyclic) bond motifs is 1. The first-order chi connectivity index (χ1) is 16.4. The number of para-hydroxylation sites is 1. The second-order valence-corrected chi connectivity index (χ2v) is 10.3. The van der Waals surface area contributed by atoms with Crippen molar-refractivity contribution in [1.29, 1.82) is 0 Å². The second kappa shape index (κ2) is 10.6. The largest absolute Gasteiger partial charge is 0.462 e. The zero-order chi connectivity index (χ0) is 25.8. The first-order valence-corrected chi connectivity index (χ1v) is 12.0. The third-order valence-corrected chi connectivity index (χ3v) is 6.04.